The zero-order valence-electron chi connectivity index (χ0n) is 13.5. The van der Waals surface area contributed by atoms with Crippen molar-refractivity contribution in [3.63, 3.8) is 0 Å². The molecule has 0 saturated heterocycles. The van der Waals surface area contributed by atoms with E-state index in [1.165, 1.54) is 9.13 Å². The van der Waals surface area contributed by atoms with Crippen LogP contribution in [0.1, 0.15) is 0 Å². The second-order valence-electron chi connectivity index (χ2n) is 5.81. The van der Waals surface area contributed by atoms with Crippen molar-refractivity contribution in [2.45, 2.75) is 0 Å². The molecule has 0 bridgehead atoms. The normalized spacial score (nSPS) is 10.6. The molecule has 0 atom stereocenters. The summed E-state index contributed by atoms with van der Waals surface area (Å²) in [4.78, 5) is 0. The lowest BCUT2D eigenvalue weighted by atomic mass is 10.0. The lowest BCUT2D eigenvalue weighted by Crippen LogP contribution is -1.86. The zero-order chi connectivity index (χ0) is 17.1. The molecule has 0 radical (unpaired) electrons. The molecule has 4 aromatic rings. The molecule has 0 aliphatic rings. The number of hydrogen-bond acceptors (Lipinski definition) is 0. The monoisotopic (exact) mass is 435 g/mol. The highest BCUT2D eigenvalue weighted by atomic mass is 127. The van der Waals surface area contributed by atoms with Gasteiger partial charge in [0.1, 0.15) is 0 Å². The Kier molecular flexibility index (Phi) is 4.61. The molecule has 0 amide bonds. The summed E-state index contributed by atoms with van der Waals surface area (Å²) in [6, 6.07) is 33.3. The Balaban J connectivity index is 1.90. The van der Waals surface area contributed by atoms with Gasteiger partial charge in [-0.25, -0.2) is 4.42 Å². The zero-order valence-corrected chi connectivity index (χ0v) is 15.7. The average Bonchev–Trinajstić information content (AvgIpc) is 2.69. The molecule has 0 fully saturated rings. The third-order valence-corrected chi connectivity index (χ3v) is 4.81. The van der Waals surface area contributed by atoms with Gasteiger partial charge in [0.2, 0.25) is 0 Å². The molecule has 25 heavy (non-hydrogen) atoms. The van der Waals surface area contributed by atoms with Crippen molar-refractivity contribution < 1.29 is 4.42 Å². The molecule has 0 aliphatic heterocycles. The van der Waals surface area contributed by atoms with E-state index in [1.54, 1.807) is 0 Å². The molecule has 1 aromatic heterocycles. The first-order valence-electron chi connectivity index (χ1n) is 8.14. The summed E-state index contributed by atoms with van der Waals surface area (Å²) in [6.45, 7) is 0. The lowest BCUT2D eigenvalue weighted by Gasteiger charge is -2.02. The summed E-state index contributed by atoms with van der Waals surface area (Å²) in [5.41, 5.74) is 4.49. The highest BCUT2D eigenvalue weighted by Gasteiger charge is 2.20. The maximum Gasteiger partial charge on any atom is 0.361 e. The van der Waals surface area contributed by atoms with E-state index < -0.39 is 0 Å². The molecule has 1 nitrogen and oxygen atoms in total. The number of rotatable bonds is 3. The van der Waals surface area contributed by atoms with Gasteiger partial charge >= 0.3 is 11.5 Å². The number of hydrogen-bond donors (Lipinski definition) is 0. The van der Waals surface area contributed by atoms with Gasteiger partial charge in [-0.05, 0) is 64.6 Å². The largest absolute Gasteiger partial charge is 0.361 e. The summed E-state index contributed by atoms with van der Waals surface area (Å²) in [6.07, 6.45) is 0. The van der Waals surface area contributed by atoms with Crippen molar-refractivity contribution in [2.75, 3.05) is 0 Å². The van der Waals surface area contributed by atoms with E-state index in [0.29, 0.717) is 0 Å². The minimum atomic E-state index is 0.871. The predicted molar refractivity (Wildman–Crippen MR) is 112 cm³/mol. The van der Waals surface area contributed by atoms with Gasteiger partial charge < -0.3 is 0 Å². The van der Waals surface area contributed by atoms with Gasteiger partial charge in [-0.1, -0.05) is 48.5 Å². The molecule has 0 N–H and O–H groups in total. The number of halogens is 1. The summed E-state index contributed by atoms with van der Waals surface area (Å²) < 4.78 is 7.46. The first-order chi connectivity index (χ1) is 12.3. The molecule has 120 valence electrons. The van der Waals surface area contributed by atoms with Crippen molar-refractivity contribution >= 4 is 22.6 Å². The predicted octanol–water partition coefficient (Wildman–Crippen LogP) is 7.17. The third kappa shape index (κ3) is 3.64. The first-order valence-corrected chi connectivity index (χ1v) is 9.22. The molecular formula is C23H16IO+. The van der Waals surface area contributed by atoms with E-state index in [4.69, 9.17) is 4.42 Å². The minimum Gasteiger partial charge on any atom is -0.207 e. The van der Waals surface area contributed by atoms with Crippen LogP contribution in [0.15, 0.2) is 101 Å². The molecule has 3 aromatic carbocycles. The molecule has 1 heterocycles. The Morgan fingerprint density at radius 1 is 0.480 bits per heavy atom. The SMILES string of the molecule is Ic1ccc(-c2cc(-c3ccccc3)[o+]c(-c3ccccc3)c2)cc1. The average molecular weight is 435 g/mol. The van der Waals surface area contributed by atoms with E-state index in [0.717, 1.165) is 28.2 Å². The van der Waals surface area contributed by atoms with E-state index in [2.05, 4.69) is 83.3 Å². The van der Waals surface area contributed by atoms with Crippen molar-refractivity contribution in [1.29, 1.82) is 0 Å². The summed E-state index contributed by atoms with van der Waals surface area (Å²) >= 11 is 2.33. The van der Waals surface area contributed by atoms with Crippen LogP contribution in [-0.2, 0) is 0 Å². The Morgan fingerprint density at radius 3 is 1.44 bits per heavy atom. The van der Waals surface area contributed by atoms with E-state index >= 15 is 0 Å². The second-order valence-corrected chi connectivity index (χ2v) is 7.06. The van der Waals surface area contributed by atoms with Crippen LogP contribution in [0.2, 0.25) is 0 Å². The quantitative estimate of drug-likeness (QED) is 0.245. The summed E-state index contributed by atoms with van der Waals surface area (Å²) in [5.74, 6) is 1.74. The van der Waals surface area contributed by atoms with Crippen LogP contribution in [0.3, 0.4) is 0 Å². The van der Waals surface area contributed by atoms with E-state index in [1.807, 2.05) is 36.4 Å². The van der Waals surface area contributed by atoms with Crippen LogP contribution in [0.4, 0.5) is 0 Å². The second kappa shape index (κ2) is 7.19. The number of benzene rings is 3. The Labute approximate surface area is 161 Å². The Bertz CT molecular complexity index is 920. The van der Waals surface area contributed by atoms with E-state index in [9.17, 15) is 0 Å². The van der Waals surface area contributed by atoms with Gasteiger partial charge in [-0.3, -0.25) is 0 Å². The van der Waals surface area contributed by atoms with Gasteiger partial charge in [-0.15, -0.1) is 0 Å². The first kappa shape index (κ1) is 16.0. The van der Waals surface area contributed by atoms with Gasteiger partial charge in [0.25, 0.3) is 0 Å². The molecular weight excluding hydrogens is 419 g/mol. The van der Waals surface area contributed by atoms with Gasteiger partial charge in [0.15, 0.2) is 0 Å². The molecule has 0 spiro atoms. The highest BCUT2D eigenvalue weighted by Crippen LogP contribution is 2.32. The van der Waals surface area contributed by atoms with Gasteiger partial charge in [-0.2, -0.15) is 0 Å². The molecule has 0 aliphatic carbocycles. The Hall–Kier alpha value is -2.46. The fourth-order valence-electron chi connectivity index (χ4n) is 2.80. The standard InChI is InChI=1S/C23H16IO/c24-21-13-11-17(12-14-21)20-15-22(18-7-3-1-4-8-18)25-23(16-20)19-9-5-2-6-10-19/h1-16H/q+1. The van der Waals surface area contributed by atoms with Gasteiger partial charge in [0.05, 0.1) is 23.3 Å². The fraction of sp³-hybridized carbons (Fsp3) is 0. The maximum atomic E-state index is 6.23. The van der Waals surface area contributed by atoms with Crippen molar-refractivity contribution in [2.24, 2.45) is 0 Å². The summed E-state index contributed by atoms with van der Waals surface area (Å²) in [7, 11) is 0. The topological polar surface area (TPSA) is 11.3 Å². The fourth-order valence-corrected chi connectivity index (χ4v) is 3.16. The van der Waals surface area contributed by atoms with Crippen LogP contribution in [-0.4, -0.2) is 0 Å². The van der Waals surface area contributed by atoms with Crippen LogP contribution < -0.4 is 0 Å². The van der Waals surface area contributed by atoms with Gasteiger partial charge in [0, 0.05) is 9.13 Å². The van der Waals surface area contributed by atoms with Crippen LogP contribution in [0.5, 0.6) is 0 Å². The van der Waals surface area contributed by atoms with Crippen molar-refractivity contribution in [3.05, 3.63) is 101 Å². The smallest absolute Gasteiger partial charge is 0.207 e. The van der Waals surface area contributed by atoms with Crippen LogP contribution >= 0.6 is 22.6 Å². The van der Waals surface area contributed by atoms with Crippen molar-refractivity contribution in [3.8, 4) is 33.8 Å². The molecule has 0 saturated carbocycles. The van der Waals surface area contributed by atoms with Crippen LogP contribution in [0.25, 0.3) is 33.8 Å². The minimum absolute atomic E-state index is 0.871. The van der Waals surface area contributed by atoms with Crippen molar-refractivity contribution in [1.82, 2.24) is 0 Å². The Morgan fingerprint density at radius 2 is 0.960 bits per heavy atom. The highest BCUT2D eigenvalue weighted by molar-refractivity contribution is 14.1. The molecule has 2 heteroatoms. The maximum absolute atomic E-state index is 6.23. The lowest BCUT2D eigenvalue weighted by molar-refractivity contribution is 0.582. The summed E-state index contributed by atoms with van der Waals surface area (Å²) in [5, 5.41) is 0. The molecule has 4 rings (SSSR count). The molecule has 0 unspecified atom stereocenters. The third-order valence-electron chi connectivity index (χ3n) is 4.09. The van der Waals surface area contributed by atoms with E-state index in [-0.39, 0.29) is 0 Å². The van der Waals surface area contributed by atoms with Crippen LogP contribution in [0, 0.1) is 3.57 Å².